The summed E-state index contributed by atoms with van der Waals surface area (Å²) in [5.74, 6) is 1.66. The number of nitrogens with one attached hydrogen (secondary N) is 1. The summed E-state index contributed by atoms with van der Waals surface area (Å²) in [7, 11) is 3.57. The highest BCUT2D eigenvalue weighted by molar-refractivity contribution is 7.71. The Labute approximate surface area is 121 Å². The molecular formula is C13H15N5OS. The highest BCUT2D eigenvalue weighted by Crippen LogP contribution is 2.25. The number of fused-ring (bicyclic) bond motifs is 1. The van der Waals surface area contributed by atoms with Gasteiger partial charge in [0.05, 0.1) is 24.2 Å². The second-order valence-electron chi connectivity index (χ2n) is 4.66. The minimum Gasteiger partial charge on any atom is -0.497 e. The van der Waals surface area contributed by atoms with Crippen molar-refractivity contribution in [3.63, 3.8) is 0 Å². The van der Waals surface area contributed by atoms with Gasteiger partial charge in [-0.1, -0.05) is 0 Å². The molecule has 7 heteroatoms. The van der Waals surface area contributed by atoms with Crippen molar-refractivity contribution in [2.75, 3.05) is 7.11 Å². The molecular weight excluding hydrogens is 274 g/mol. The molecule has 0 fully saturated rings. The predicted octanol–water partition coefficient (Wildman–Crippen LogP) is 2.45. The molecule has 6 nitrogen and oxygen atoms in total. The van der Waals surface area contributed by atoms with Crippen molar-refractivity contribution >= 4 is 23.3 Å². The maximum absolute atomic E-state index is 5.44. The van der Waals surface area contributed by atoms with Crippen LogP contribution in [0.5, 0.6) is 5.75 Å². The summed E-state index contributed by atoms with van der Waals surface area (Å²) in [5.41, 5.74) is 1.97. The number of aromatic nitrogens is 5. The van der Waals surface area contributed by atoms with Gasteiger partial charge in [-0.2, -0.15) is 0 Å². The first-order valence-corrected chi connectivity index (χ1v) is 6.65. The quantitative estimate of drug-likeness (QED) is 0.752. The van der Waals surface area contributed by atoms with Crippen LogP contribution in [-0.4, -0.2) is 31.4 Å². The molecule has 1 atom stereocenters. The summed E-state index contributed by atoms with van der Waals surface area (Å²) in [6, 6.07) is 5.85. The Morgan fingerprint density at radius 3 is 2.85 bits per heavy atom. The van der Waals surface area contributed by atoms with Gasteiger partial charge in [0, 0.05) is 13.1 Å². The standard InChI is InChI=1S/C13H15N5OS/c1-8(12-16-14-7-17(12)2)18-11-5-4-9(19-3)6-10(11)15-13(18)20/h4-8H,1-3H3,(H,15,20). The van der Waals surface area contributed by atoms with E-state index < -0.39 is 0 Å². The fourth-order valence-electron chi connectivity index (χ4n) is 2.41. The van der Waals surface area contributed by atoms with Crippen LogP contribution in [0, 0.1) is 4.77 Å². The number of aromatic amines is 1. The molecule has 0 amide bonds. The Kier molecular flexibility index (Phi) is 3.06. The van der Waals surface area contributed by atoms with E-state index in [2.05, 4.69) is 22.1 Å². The normalized spacial score (nSPS) is 12.8. The molecule has 0 radical (unpaired) electrons. The lowest BCUT2D eigenvalue weighted by Gasteiger charge is -2.13. The first-order valence-electron chi connectivity index (χ1n) is 6.24. The Balaban J connectivity index is 2.19. The van der Waals surface area contributed by atoms with Gasteiger partial charge in [-0.3, -0.25) is 0 Å². The Morgan fingerprint density at radius 1 is 1.40 bits per heavy atom. The van der Waals surface area contributed by atoms with Crippen LogP contribution >= 0.6 is 12.2 Å². The molecule has 3 rings (SSSR count). The van der Waals surface area contributed by atoms with E-state index >= 15 is 0 Å². The molecule has 2 aromatic heterocycles. The molecule has 3 aromatic rings. The van der Waals surface area contributed by atoms with E-state index in [1.165, 1.54) is 0 Å². The molecule has 1 unspecified atom stereocenters. The zero-order valence-corrected chi connectivity index (χ0v) is 12.3. The zero-order chi connectivity index (χ0) is 14.3. The molecule has 104 valence electrons. The van der Waals surface area contributed by atoms with Gasteiger partial charge in [0.1, 0.15) is 12.1 Å². The Morgan fingerprint density at radius 2 is 2.20 bits per heavy atom. The van der Waals surface area contributed by atoms with Gasteiger partial charge >= 0.3 is 0 Å². The van der Waals surface area contributed by atoms with Crippen molar-refractivity contribution in [3.05, 3.63) is 35.1 Å². The topological polar surface area (TPSA) is 60.7 Å². The third-order valence-electron chi connectivity index (χ3n) is 3.43. The summed E-state index contributed by atoms with van der Waals surface area (Å²) >= 11 is 5.44. The van der Waals surface area contributed by atoms with Crippen molar-refractivity contribution < 1.29 is 4.74 Å². The SMILES string of the molecule is COc1ccc2c(c1)[nH]c(=S)n2C(C)c1nncn1C. The third kappa shape index (κ3) is 1.90. The van der Waals surface area contributed by atoms with Gasteiger partial charge in [-0.25, -0.2) is 0 Å². The summed E-state index contributed by atoms with van der Waals surface area (Å²) < 4.78 is 9.82. The van der Waals surface area contributed by atoms with Crippen molar-refractivity contribution in [1.29, 1.82) is 0 Å². The highest BCUT2D eigenvalue weighted by atomic mass is 32.1. The zero-order valence-electron chi connectivity index (χ0n) is 11.5. The van der Waals surface area contributed by atoms with Crippen LogP contribution in [0.4, 0.5) is 0 Å². The highest BCUT2D eigenvalue weighted by Gasteiger charge is 2.17. The number of methoxy groups -OCH3 is 1. The van der Waals surface area contributed by atoms with Gasteiger partial charge in [-0.15, -0.1) is 10.2 Å². The van der Waals surface area contributed by atoms with Crippen molar-refractivity contribution in [2.24, 2.45) is 7.05 Å². The maximum atomic E-state index is 5.44. The summed E-state index contributed by atoms with van der Waals surface area (Å²) in [4.78, 5) is 3.20. The van der Waals surface area contributed by atoms with Gasteiger partial charge in [0.2, 0.25) is 0 Å². The number of H-pyrrole nitrogens is 1. The first kappa shape index (κ1) is 12.9. The molecule has 0 saturated carbocycles. The molecule has 0 aliphatic heterocycles. The van der Waals surface area contributed by atoms with Crippen molar-refractivity contribution in [3.8, 4) is 5.75 Å². The van der Waals surface area contributed by atoms with E-state index in [1.807, 2.05) is 34.4 Å². The van der Waals surface area contributed by atoms with Gasteiger partial charge in [0.15, 0.2) is 10.6 Å². The maximum Gasteiger partial charge on any atom is 0.178 e. The van der Waals surface area contributed by atoms with E-state index in [-0.39, 0.29) is 6.04 Å². The van der Waals surface area contributed by atoms with Crippen LogP contribution in [0.25, 0.3) is 11.0 Å². The number of benzene rings is 1. The predicted molar refractivity (Wildman–Crippen MR) is 78.5 cm³/mol. The van der Waals surface area contributed by atoms with Gasteiger partial charge in [-0.05, 0) is 31.3 Å². The fraction of sp³-hybridized carbons (Fsp3) is 0.308. The van der Waals surface area contributed by atoms with Crippen LogP contribution < -0.4 is 4.74 Å². The average molecular weight is 289 g/mol. The average Bonchev–Trinajstić information content (AvgIpc) is 2.99. The number of aryl methyl sites for hydroxylation is 1. The fourth-order valence-corrected chi connectivity index (χ4v) is 2.77. The number of imidazole rings is 1. The molecule has 1 aromatic carbocycles. The van der Waals surface area contributed by atoms with Crippen LogP contribution in [0.1, 0.15) is 18.8 Å². The summed E-state index contributed by atoms with van der Waals surface area (Å²) in [5, 5.41) is 8.09. The molecule has 0 bridgehead atoms. The molecule has 0 aliphatic carbocycles. The molecule has 0 aliphatic rings. The van der Waals surface area contributed by atoms with Crippen molar-refractivity contribution in [2.45, 2.75) is 13.0 Å². The smallest absolute Gasteiger partial charge is 0.178 e. The van der Waals surface area contributed by atoms with E-state index in [4.69, 9.17) is 17.0 Å². The molecule has 20 heavy (non-hydrogen) atoms. The van der Waals surface area contributed by atoms with Crippen LogP contribution in [0.3, 0.4) is 0 Å². The van der Waals surface area contributed by atoms with Crippen LogP contribution in [0.15, 0.2) is 24.5 Å². The number of nitrogens with zero attached hydrogens (tertiary/aromatic N) is 4. The second kappa shape index (κ2) is 4.75. The Hall–Kier alpha value is -2.15. The molecule has 0 spiro atoms. The lowest BCUT2D eigenvalue weighted by Crippen LogP contribution is -2.12. The third-order valence-corrected chi connectivity index (χ3v) is 3.73. The van der Waals surface area contributed by atoms with Crippen LogP contribution in [-0.2, 0) is 7.05 Å². The number of ether oxygens (including phenoxy) is 1. The molecule has 2 heterocycles. The molecule has 1 N–H and O–H groups in total. The van der Waals surface area contributed by atoms with Gasteiger partial charge < -0.3 is 18.9 Å². The minimum absolute atomic E-state index is 0.00264. The van der Waals surface area contributed by atoms with Crippen molar-refractivity contribution in [1.82, 2.24) is 24.3 Å². The number of hydrogen-bond acceptors (Lipinski definition) is 4. The summed E-state index contributed by atoms with van der Waals surface area (Å²) in [6.45, 7) is 2.05. The van der Waals surface area contributed by atoms with Crippen LogP contribution in [0.2, 0.25) is 0 Å². The van der Waals surface area contributed by atoms with Gasteiger partial charge in [0.25, 0.3) is 0 Å². The van der Waals surface area contributed by atoms with E-state index in [0.29, 0.717) is 4.77 Å². The van der Waals surface area contributed by atoms with E-state index in [9.17, 15) is 0 Å². The monoisotopic (exact) mass is 289 g/mol. The second-order valence-corrected chi connectivity index (χ2v) is 5.05. The lowest BCUT2D eigenvalue weighted by atomic mass is 10.2. The lowest BCUT2D eigenvalue weighted by molar-refractivity contribution is 0.415. The first-order chi connectivity index (χ1) is 9.61. The van der Waals surface area contributed by atoms with E-state index in [1.54, 1.807) is 13.4 Å². The minimum atomic E-state index is -0.00264. The number of rotatable bonds is 3. The largest absolute Gasteiger partial charge is 0.497 e. The summed E-state index contributed by atoms with van der Waals surface area (Å²) in [6.07, 6.45) is 1.69. The number of hydrogen-bond donors (Lipinski definition) is 1. The van der Waals surface area contributed by atoms with E-state index in [0.717, 1.165) is 22.6 Å². The molecule has 0 saturated heterocycles. The Bertz CT molecular complexity index is 816.